The van der Waals surface area contributed by atoms with E-state index < -0.39 is 0 Å². The van der Waals surface area contributed by atoms with Crippen LogP contribution >= 0.6 is 0 Å². The molecule has 10 heteroatoms. The molecule has 3 aromatic heterocycles. The van der Waals surface area contributed by atoms with E-state index in [2.05, 4.69) is 30.6 Å². The van der Waals surface area contributed by atoms with Crippen LogP contribution in [-0.2, 0) is 16.6 Å². The lowest BCUT2D eigenvalue weighted by atomic mass is 9.95. The molecule has 1 saturated heterocycles. The van der Waals surface area contributed by atoms with Crippen molar-refractivity contribution in [1.29, 1.82) is 0 Å². The van der Waals surface area contributed by atoms with E-state index in [1.54, 1.807) is 18.0 Å². The maximum atomic E-state index is 12.6. The number of fused-ring (bicyclic) bond motifs is 1. The first-order valence-corrected chi connectivity index (χ1v) is 8.82. The normalized spacial score (nSPS) is 19.9. The van der Waals surface area contributed by atoms with Crippen molar-refractivity contribution in [1.82, 2.24) is 34.8 Å². The molecule has 27 heavy (non-hydrogen) atoms. The Morgan fingerprint density at radius 1 is 1.37 bits per heavy atom. The van der Waals surface area contributed by atoms with Crippen LogP contribution in [0.2, 0.25) is 0 Å². The molecule has 1 aliphatic heterocycles. The fourth-order valence-corrected chi connectivity index (χ4v) is 3.68. The van der Waals surface area contributed by atoms with Gasteiger partial charge in [-0.2, -0.15) is 10.2 Å². The quantitative estimate of drug-likeness (QED) is 0.630. The molecule has 2 atom stereocenters. The molecule has 1 aliphatic rings. The van der Waals surface area contributed by atoms with Gasteiger partial charge in [-0.1, -0.05) is 0 Å². The zero-order valence-electron chi connectivity index (χ0n) is 15.3. The van der Waals surface area contributed by atoms with E-state index in [9.17, 15) is 4.79 Å². The molecule has 142 valence electrons. The van der Waals surface area contributed by atoms with Crippen LogP contribution in [0.4, 0.5) is 5.82 Å². The number of aryl methyl sites for hydroxylation is 1. The fraction of sp³-hybridized carbons (Fsp3) is 0.471. The van der Waals surface area contributed by atoms with E-state index in [-0.39, 0.29) is 17.9 Å². The maximum Gasteiger partial charge on any atom is 0.223 e. The second kappa shape index (κ2) is 7.31. The summed E-state index contributed by atoms with van der Waals surface area (Å²) in [7, 11) is 3.52. The van der Waals surface area contributed by atoms with Crippen molar-refractivity contribution < 1.29 is 9.53 Å². The van der Waals surface area contributed by atoms with Crippen molar-refractivity contribution in [2.45, 2.75) is 12.5 Å². The SMILES string of the molecule is COCCN1C(=O)C[C@@H](CNc2ncnc3[nH]ncc23)[C@@H]1c1cnn(C)c1. The summed E-state index contributed by atoms with van der Waals surface area (Å²) in [5, 5.41) is 15.3. The summed E-state index contributed by atoms with van der Waals surface area (Å²) in [6.45, 7) is 1.67. The number of aromatic nitrogens is 6. The molecule has 4 rings (SSSR count). The smallest absolute Gasteiger partial charge is 0.223 e. The second-order valence-electron chi connectivity index (χ2n) is 6.67. The third-order valence-electron chi connectivity index (χ3n) is 4.92. The van der Waals surface area contributed by atoms with E-state index in [1.165, 1.54) is 6.33 Å². The summed E-state index contributed by atoms with van der Waals surface area (Å²) >= 11 is 0. The number of methoxy groups -OCH3 is 1. The number of anilines is 1. The van der Waals surface area contributed by atoms with Gasteiger partial charge in [0.05, 0.1) is 30.4 Å². The van der Waals surface area contributed by atoms with Crippen molar-refractivity contribution in [3.05, 3.63) is 30.5 Å². The number of aromatic amines is 1. The molecule has 0 saturated carbocycles. The molecule has 0 spiro atoms. The average Bonchev–Trinajstić information content (AvgIpc) is 3.37. The van der Waals surface area contributed by atoms with Crippen LogP contribution in [0.1, 0.15) is 18.0 Å². The summed E-state index contributed by atoms with van der Waals surface area (Å²) in [5.41, 5.74) is 1.71. The van der Waals surface area contributed by atoms with Crippen molar-refractivity contribution in [3.63, 3.8) is 0 Å². The molecule has 3 aromatic rings. The lowest BCUT2D eigenvalue weighted by molar-refractivity contribution is -0.129. The lowest BCUT2D eigenvalue weighted by Crippen LogP contribution is -2.33. The highest BCUT2D eigenvalue weighted by molar-refractivity contribution is 5.85. The molecular weight excluding hydrogens is 348 g/mol. The molecule has 1 amide bonds. The lowest BCUT2D eigenvalue weighted by Gasteiger charge is -2.27. The zero-order chi connectivity index (χ0) is 18.8. The average molecular weight is 370 g/mol. The number of ether oxygens (including phenoxy) is 1. The van der Waals surface area contributed by atoms with Crippen LogP contribution in [0.15, 0.2) is 24.9 Å². The maximum absolute atomic E-state index is 12.6. The number of hydrogen-bond acceptors (Lipinski definition) is 7. The Hall–Kier alpha value is -3.01. The van der Waals surface area contributed by atoms with Gasteiger partial charge in [-0.05, 0) is 0 Å². The van der Waals surface area contributed by atoms with Gasteiger partial charge in [0.15, 0.2) is 5.65 Å². The van der Waals surface area contributed by atoms with Crippen LogP contribution < -0.4 is 5.32 Å². The third-order valence-corrected chi connectivity index (χ3v) is 4.92. The molecule has 4 heterocycles. The minimum Gasteiger partial charge on any atom is -0.383 e. The highest BCUT2D eigenvalue weighted by Gasteiger charge is 2.40. The number of amides is 1. The molecule has 0 aromatic carbocycles. The topological polar surface area (TPSA) is 114 Å². The Labute approximate surface area is 155 Å². The van der Waals surface area contributed by atoms with Crippen LogP contribution in [0.3, 0.4) is 0 Å². The monoisotopic (exact) mass is 370 g/mol. The van der Waals surface area contributed by atoms with E-state index >= 15 is 0 Å². The van der Waals surface area contributed by atoms with Gasteiger partial charge >= 0.3 is 0 Å². The van der Waals surface area contributed by atoms with Crippen molar-refractivity contribution >= 4 is 22.8 Å². The molecule has 0 unspecified atom stereocenters. The van der Waals surface area contributed by atoms with Gasteiger partial charge in [0.1, 0.15) is 12.1 Å². The standard InChI is InChI=1S/C17H22N8O2/c1-24-9-12(7-22-24)15-11(5-14(26)25(15)3-4-27-2)6-18-16-13-8-21-23-17(13)20-10-19-16/h7-11,15H,3-6H2,1-2H3,(H2,18,19,20,21,23)/t11-,15+/m0/s1. The number of carbonyl (C=O) groups is 1. The minimum atomic E-state index is -0.0458. The molecular formula is C17H22N8O2. The van der Waals surface area contributed by atoms with Gasteiger partial charge in [-0.25, -0.2) is 9.97 Å². The van der Waals surface area contributed by atoms with Crippen LogP contribution in [0, 0.1) is 5.92 Å². The van der Waals surface area contributed by atoms with E-state index in [1.807, 2.05) is 24.3 Å². The third kappa shape index (κ3) is 3.35. The molecule has 1 fully saturated rings. The second-order valence-corrected chi connectivity index (χ2v) is 6.67. The number of rotatable bonds is 7. The van der Waals surface area contributed by atoms with Crippen molar-refractivity contribution in [3.8, 4) is 0 Å². The van der Waals surface area contributed by atoms with Gasteiger partial charge in [0.25, 0.3) is 0 Å². The molecule has 0 radical (unpaired) electrons. The van der Waals surface area contributed by atoms with E-state index in [0.29, 0.717) is 37.6 Å². The van der Waals surface area contributed by atoms with Gasteiger partial charge in [-0.15, -0.1) is 0 Å². The highest BCUT2D eigenvalue weighted by Crippen LogP contribution is 2.38. The van der Waals surface area contributed by atoms with Crippen LogP contribution in [0.25, 0.3) is 11.0 Å². The largest absolute Gasteiger partial charge is 0.383 e. The number of carbonyl (C=O) groups excluding carboxylic acids is 1. The van der Waals surface area contributed by atoms with Gasteiger partial charge in [-0.3, -0.25) is 14.6 Å². The fourth-order valence-electron chi connectivity index (χ4n) is 3.68. The number of likely N-dealkylation sites (tertiary alicyclic amines) is 1. The van der Waals surface area contributed by atoms with Crippen LogP contribution in [0.5, 0.6) is 0 Å². The first kappa shape index (κ1) is 17.4. The first-order chi connectivity index (χ1) is 13.2. The number of H-pyrrole nitrogens is 1. The predicted molar refractivity (Wildman–Crippen MR) is 97.8 cm³/mol. The van der Waals surface area contributed by atoms with Gasteiger partial charge < -0.3 is 15.0 Å². The summed E-state index contributed by atoms with van der Waals surface area (Å²) in [6.07, 6.45) is 7.45. The summed E-state index contributed by atoms with van der Waals surface area (Å²) in [6, 6.07) is -0.0458. The predicted octanol–water partition coefficient (Wildman–Crippen LogP) is 0.735. The molecule has 2 N–H and O–H groups in total. The minimum absolute atomic E-state index is 0.0458. The Morgan fingerprint density at radius 3 is 3.04 bits per heavy atom. The summed E-state index contributed by atoms with van der Waals surface area (Å²) < 4.78 is 6.95. The Bertz CT molecular complexity index is 936. The zero-order valence-corrected chi connectivity index (χ0v) is 15.3. The number of nitrogens with one attached hydrogen (secondary N) is 2. The Morgan fingerprint density at radius 2 is 2.26 bits per heavy atom. The highest BCUT2D eigenvalue weighted by atomic mass is 16.5. The molecule has 0 bridgehead atoms. The summed E-state index contributed by atoms with van der Waals surface area (Å²) in [5.74, 6) is 0.931. The van der Waals surface area contributed by atoms with Gasteiger partial charge in [0.2, 0.25) is 5.91 Å². The van der Waals surface area contributed by atoms with Crippen LogP contribution in [-0.4, -0.2) is 67.6 Å². The number of nitrogens with zero attached hydrogens (tertiary/aromatic N) is 6. The molecule has 10 nitrogen and oxygen atoms in total. The van der Waals surface area contributed by atoms with Crippen molar-refractivity contribution in [2.24, 2.45) is 13.0 Å². The molecule has 0 aliphatic carbocycles. The Balaban J connectivity index is 1.56. The van der Waals surface area contributed by atoms with Crippen molar-refractivity contribution in [2.75, 3.05) is 32.1 Å². The first-order valence-electron chi connectivity index (χ1n) is 8.82. The Kier molecular flexibility index (Phi) is 4.71. The van der Waals surface area contributed by atoms with Gasteiger partial charge in [0, 0.05) is 51.3 Å². The number of hydrogen-bond donors (Lipinski definition) is 2. The van der Waals surface area contributed by atoms with E-state index in [0.717, 1.165) is 10.9 Å². The van der Waals surface area contributed by atoms with E-state index in [4.69, 9.17) is 4.74 Å². The summed E-state index contributed by atoms with van der Waals surface area (Å²) in [4.78, 5) is 23.0.